The van der Waals surface area contributed by atoms with Gasteiger partial charge in [-0.1, -0.05) is 6.58 Å². The molecule has 0 atom stereocenters. The summed E-state index contributed by atoms with van der Waals surface area (Å²) in [5.41, 5.74) is 0.436. The Morgan fingerprint density at radius 2 is 1.58 bits per heavy atom. The second-order valence-electron chi connectivity index (χ2n) is 3.28. The Morgan fingerprint density at radius 3 is 2.05 bits per heavy atom. The Hall–Kier alpha value is -2.63. The van der Waals surface area contributed by atoms with E-state index in [2.05, 4.69) is 16.4 Å². The third-order valence-corrected chi connectivity index (χ3v) is 2.00. The van der Waals surface area contributed by atoms with Crippen LogP contribution in [0.15, 0.2) is 36.9 Å². The first-order valence-electron chi connectivity index (χ1n) is 5.41. The van der Waals surface area contributed by atoms with Crippen LogP contribution in [0.2, 0.25) is 0 Å². The average molecular weight is 264 g/mol. The standard InChI is InChI=1S/C13H12O6/c1-3-11(14)18-19-13(16)10-7-5-9(6-8-10)12(15)17-4-2/h3,5-8H,1,4H2,2H3. The fraction of sp³-hybridized carbons (Fsp3) is 0.154. The van der Waals surface area contributed by atoms with Crippen LogP contribution in [-0.4, -0.2) is 24.5 Å². The van der Waals surface area contributed by atoms with Gasteiger partial charge >= 0.3 is 17.9 Å². The minimum absolute atomic E-state index is 0.130. The summed E-state index contributed by atoms with van der Waals surface area (Å²) >= 11 is 0. The van der Waals surface area contributed by atoms with Gasteiger partial charge in [0, 0.05) is 6.08 Å². The second kappa shape index (κ2) is 6.95. The van der Waals surface area contributed by atoms with E-state index in [1.807, 2.05) is 0 Å². The second-order valence-corrected chi connectivity index (χ2v) is 3.28. The van der Waals surface area contributed by atoms with Gasteiger partial charge in [0.25, 0.3) is 0 Å². The smallest absolute Gasteiger partial charge is 0.386 e. The molecule has 0 fully saturated rings. The van der Waals surface area contributed by atoms with Gasteiger partial charge in [0.15, 0.2) is 0 Å². The Balaban J connectivity index is 2.65. The van der Waals surface area contributed by atoms with Crippen LogP contribution in [0.1, 0.15) is 27.6 Å². The molecule has 0 radical (unpaired) electrons. The normalized spacial score (nSPS) is 9.32. The molecule has 1 aromatic rings. The lowest BCUT2D eigenvalue weighted by Crippen LogP contribution is -2.10. The predicted molar refractivity (Wildman–Crippen MR) is 64.1 cm³/mol. The van der Waals surface area contributed by atoms with Gasteiger partial charge in [-0.15, -0.1) is 0 Å². The molecule has 0 bridgehead atoms. The van der Waals surface area contributed by atoms with Crippen LogP contribution >= 0.6 is 0 Å². The minimum atomic E-state index is -0.878. The van der Waals surface area contributed by atoms with Crippen molar-refractivity contribution in [1.82, 2.24) is 0 Å². The van der Waals surface area contributed by atoms with Gasteiger partial charge in [0.05, 0.1) is 17.7 Å². The van der Waals surface area contributed by atoms with Crippen molar-refractivity contribution < 1.29 is 28.9 Å². The summed E-state index contributed by atoms with van der Waals surface area (Å²) < 4.78 is 4.79. The maximum atomic E-state index is 11.4. The lowest BCUT2D eigenvalue weighted by atomic mass is 10.1. The number of hydrogen-bond acceptors (Lipinski definition) is 6. The molecule has 6 heteroatoms. The Labute approximate surface area is 109 Å². The summed E-state index contributed by atoms with van der Waals surface area (Å²) in [4.78, 5) is 41.8. The van der Waals surface area contributed by atoms with Crippen LogP contribution in [0.5, 0.6) is 0 Å². The summed E-state index contributed by atoms with van der Waals surface area (Å²) in [6.07, 6.45) is 0.858. The van der Waals surface area contributed by atoms with Crippen LogP contribution in [0, 0.1) is 0 Å². The molecule has 100 valence electrons. The summed E-state index contributed by atoms with van der Waals surface area (Å²) in [6.45, 7) is 5.10. The first-order chi connectivity index (χ1) is 9.08. The highest BCUT2D eigenvalue weighted by Gasteiger charge is 2.12. The molecule has 0 saturated carbocycles. The fourth-order valence-electron chi connectivity index (χ4n) is 1.12. The van der Waals surface area contributed by atoms with E-state index in [0.717, 1.165) is 6.08 Å². The molecule has 1 rings (SSSR count). The van der Waals surface area contributed by atoms with E-state index in [0.29, 0.717) is 5.56 Å². The van der Waals surface area contributed by atoms with Crippen molar-refractivity contribution in [3.8, 4) is 0 Å². The van der Waals surface area contributed by atoms with Gasteiger partial charge in [-0.2, -0.15) is 0 Å². The quantitative estimate of drug-likeness (QED) is 0.356. The highest BCUT2D eigenvalue weighted by Crippen LogP contribution is 2.07. The molecule has 0 spiro atoms. The largest absolute Gasteiger partial charge is 0.462 e. The minimum Gasteiger partial charge on any atom is -0.462 e. The van der Waals surface area contributed by atoms with Gasteiger partial charge in [-0.3, -0.25) is 0 Å². The molecule has 0 aliphatic carbocycles. The summed E-state index contributed by atoms with van der Waals surface area (Å²) in [7, 11) is 0. The van der Waals surface area contributed by atoms with E-state index in [1.54, 1.807) is 6.92 Å². The molecule has 0 unspecified atom stereocenters. The van der Waals surface area contributed by atoms with Crippen LogP contribution in [0.4, 0.5) is 0 Å². The van der Waals surface area contributed by atoms with Crippen molar-refractivity contribution >= 4 is 17.9 Å². The molecular formula is C13H12O6. The zero-order chi connectivity index (χ0) is 14.3. The van der Waals surface area contributed by atoms with E-state index >= 15 is 0 Å². The highest BCUT2D eigenvalue weighted by molar-refractivity contribution is 5.93. The van der Waals surface area contributed by atoms with Crippen molar-refractivity contribution in [1.29, 1.82) is 0 Å². The SMILES string of the molecule is C=CC(=O)OOC(=O)c1ccc(C(=O)OCC)cc1. The first kappa shape index (κ1) is 14.4. The van der Waals surface area contributed by atoms with Crippen molar-refractivity contribution in [3.05, 3.63) is 48.0 Å². The monoisotopic (exact) mass is 264 g/mol. The van der Waals surface area contributed by atoms with Gasteiger partial charge < -0.3 is 4.74 Å². The number of esters is 1. The maximum Gasteiger partial charge on any atom is 0.386 e. The Bertz CT molecular complexity index is 488. The molecule has 0 aliphatic heterocycles. The molecule has 0 aliphatic rings. The van der Waals surface area contributed by atoms with Crippen LogP contribution in [0.25, 0.3) is 0 Å². The van der Waals surface area contributed by atoms with E-state index in [9.17, 15) is 14.4 Å². The molecule has 0 heterocycles. The van der Waals surface area contributed by atoms with E-state index in [1.165, 1.54) is 24.3 Å². The molecule has 1 aromatic carbocycles. The number of carbonyl (C=O) groups excluding carboxylic acids is 3. The Morgan fingerprint density at radius 1 is 1.05 bits per heavy atom. The molecule has 19 heavy (non-hydrogen) atoms. The van der Waals surface area contributed by atoms with Gasteiger partial charge in [-0.25, -0.2) is 24.2 Å². The van der Waals surface area contributed by atoms with Crippen LogP contribution in [-0.2, 0) is 19.3 Å². The lowest BCUT2D eigenvalue weighted by Gasteiger charge is -2.03. The zero-order valence-electron chi connectivity index (χ0n) is 10.3. The van der Waals surface area contributed by atoms with E-state index < -0.39 is 17.9 Å². The van der Waals surface area contributed by atoms with E-state index in [4.69, 9.17) is 4.74 Å². The number of carbonyl (C=O) groups is 3. The number of rotatable bonds is 4. The summed E-state index contributed by atoms with van der Waals surface area (Å²) in [5, 5.41) is 0. The van der Waals surface area contributed by atoms with Crippen LogP contribution in [0.3, 0.4) is 0 Å². The average Bonchev–Trinajstić information content (AvgIpc) is 2.44. The maximum absolute atomic E-state index is 11.4. The van der Waals surface area contributed by atoms with Crippen molar-refractivity contribution in [2.24, 2.45) is 0 Å². The van der Waals surface area contributed by atoms with Crippen molar-refractivity contribution in [2.45, 2.75) is 6.92 Å². The summed E-state index contributed by atoms with van der Waals surface area (Å²) in [6, 6.07) is 5.53. The molecule has 0 N–H and O–H groups in total. The molecular weight excluding hydrogens is 252 g/mol. The molecule has 0 saturated heterocycles. The van der Waals surface area contributed by atoms with Gasteiger partial charge in [0.1, 0.15) is 0 Å². The van der Waals surface area contributed by atoms with Crippen molar-refractivity contribution in [3.63, 3.8) is 0 Å². The zero-order valence-corrected chi connectivity index (χ0v) is 10.3. The number of ether oxygens (including phenoxy) is 1. The Kier molecular flexibility index (Phi) is 5.28. The molecule has 0 amide bonds. The third-order valence-electron chi connectivity index (χ3n) is 2.00. The first-order valence-corrected chi connectivity index (χ1v) is 5.41. The highest BCUT2D eigenvalue weighted by atomic mass is 17.2. The van der Waals surface area contributed by atoms with E-state index in [-0.39, 0.29) is 12.2 Å². The van der Waals surface area contributed by atoms with Gasteiger partial charge in [0.2, 0.25) is 0 Å². The topological polar surface area (TPSA) is 78.9 Å². The summed E-state index contributed by atoms with van der Waals surface area (Å²) in [5.74, 6) is -2.22. The number of benzene rings is 1. The van der Waals surface area contributed by atoms with Crippen LogP contribution < -0.4 is 0 Å². The lowest BCUT2D eigenvalue weighted by molar-refractivity contribution is -0.228. The van der Waals surface area contributed by atoms with Gasteiger partial charge in [-0.05, 0) is 31.2 Å². The third kappa shape index (κ3) is 4.27. The predicted octanol–water partition coefficient (Wildman–Crippen LogP) is 1.66. The fourth-order valence-corrected chi connectivity index (χ4v) is 1.12. The molecule has 0 aromatic heterocycles. The molecule has 6 nitrogen and oxygen atoms in total. The van der Waals surface area contributed by atoms with Crippen molar-refractivity contribution in [2.75, 3.05) is 6.61 Å². The number of hydrogen-bond donors (Lipinski definition) is 0.